The quantitative estimate of drug-likeness (QED) is 0.837. The summed E-state index contributed by atoms with van der Waals surface area (Å²) in [7, 11) is 0. The molecule has 0 spiro atoms. The van der Waals surface area contributed by atoms with Crippen LogP contribution in [0.2, 0.25) is 0 Å². The van der Waals surface area contributed by atoms with E-state index in [1.807, 2.05) is 13.8 Å². The first-order valence-electron chi connectivity index (χ1n) is 9.07. The molecule has 2 heterocycles. The molecule has 0 atom stereocenters. The molecule has 7 nitrogen and oxygen atoms in total. The van der Waals surface area contributed by atoms with Crippen LogP contribution in [-0.2, 0) is 0 Å². The minimum atomic E-state index is -0.493. The van der Waals surface area contributed by atoms with Crippen molar-refractivity contribution in [1.29, 1.82) is 0 Å². The summed E-state index contributed by atoms with van der Waals surface area (Å²) in [6.45, 7) is 3.84. The van der Waals surface area contributed by atoms with Crippen molar-refractivity contribution in [3.8, 4) is 11.9 Å². The van der Waals surface area contributed by atoms with Gasteiger partial charge >= 0.3 is 6.01 Å². The lowest BCUT2D eigenvalue weighted by atomic mass is 9.93. The van der Waals surface area contributed by atoms with E-state index in [1.54, 1.807) is 12.1 Å². The van der Waals surface area contributed by atoms with Crippen LogP contribution in [0.15, 0.2) is 30.7 Å². The van der Waals surface area contributed by atoms with Crippen molar-refractivity contribution in [2.45, 2.75) is 57.8 Å². The number of ether oxygens (including phenoxy) is 2. The highest BCUT2D eigenvalue weighted by Crippen LogP contribution is 2.22. The Morgan fingerprint density at radius 3 is 2.41 bits per heavy atom. The molecule has 1 N–H and O–H groups in total. The van der Waals surface area contributed by atoms with Crippen LogP contribution in [0.25, 0.3) is 0 Å². The molecule has 2 aromatic heterocycles. The van der Waals surface area contributed by atoms with Crippen molar-refractivity contribution in [2.75, 3.05) is 0 Å². The summed E-state index contributed by atoms with van der Waals surface area (Å²) in [4.78, 5) is 24.1. The Labute approximate surface area is 157 Å². The van der Waals surface area contributed by atoms with Crippen LogP contribution in [0.4, 0.5) is 4.39 Å². The smallest absolute Gasteiger partial charge is 0.316 e. The van der Waals surface area contributed by atoms with Crippen LogP contribution in [0, 0.1) is 5.82 Å². The predicted molar refractivity (Wildman–Crippen MR) is 96.1 cm³/mol. The molecule has 0 aliphatic heterocycles. The fraction of sp³-hybridized carbons (Fsp3) is 0.474. The van der Waals surface area contributed by atoms with Crippen molar-refractivity contribution in [3.05, 3.63) is 42.1 Å². The molecule has 8 heteroatoms. The minimum absolute atomic E-state index is 0.0299. The fourth-order valence-corrected chi connectivity index (χ4v) is 2.93. The third kappa shape index (κ3) is 5.60. The summed E-state index contributed by atoms with van der Waals surface area (Å²) in [6.07, 6.45) is 6.82. The lowest BCUT2D eigenvalue weighted by Crippen LogP contribution is -2.39. The van der Waals surface area contributed by atoms with Gasteiger partial charge in [-0.25, -0.2) is 19.3 Å². The first-order chi connectivity index (χ1) is 13.0. The van der Waals surface area contributed by atoms with E-state index in [-0.39, 0.29) is 30.2 Å². The molecule has 1 amide bonds. The summed E-state index contributed by atoms with van der Waals surface area (Å²) < 4.78 is 24.0. The summed E-state index contributed by atoms with van der Waals surface area (Å²) in [5.74, 6) is -0.140. The molecule has 1 fully saturated rings. The zero-order valence-corrected chi connectivity index (χ0v) is 15.4. The van der Waals surface area contributed by atoms with E-state index in [0.717, 1.165) is 38.1 Å². The number of nitrogens with zero attached hydrogens (tertiary/aromatic N) is 3. The highest BCUT2D eigenvalue weighted by molar-refractivity contribution is 5.94. The summed E-state index contributed by atoms with van der Waals surface area (Å²) in [5, 5.41) is 3.03. The Morgan fingerprint density at radius 2 is 1.81 bits per heavy atom. The second-order valence-corrected chi connectivity index (χ2v) is 6.80. The monoisotopic (exact) mass is 374 g/mol. The van der Waals surface area contributed by atoms with Crippen molar-refractivity contribution in [2.24, 2.45) is 0 Å². The molecule has 3 rings (SSSR count). The molecule has 0 aromatic carbocycles. The van der Waals surface area contributed by atoms with E-state index in [1.165, 1.54) is 6.20 Å². The molecule has 27 heavy (non-hydrogen) atoms. The Hall–Kier alpha value is -2.77. The first kappa shape index (κ1) is 19.0. The number of carbonyl (C=O) groups excluding carboxylic acids is 1. The molecule has 1 aliphatic carbocycles. The molecule has 0 unspecified atom stereocenters. The van der Waals surface area contributed by atoms with Gasteiger partial charge in [0.2, 0.25) is 5.88 Å². The maximum absolute atomic E-state index is 12.8. The van der Waals surface area contributed by atoms with Gasteiger partial charge in [-0.15, -0.1) is 0 Å². The van der Waals surface area contributed by atoms with E-state index in [2.05, 4.69) is 20.3 Å². The van der Waals surface area contributed by atoms with Gasteiger partial charge in [0, 0.05) is 18.3 Å². The van der Waals surface area contributed by atoms with Gasteiger partial charge < -0.3 is 14.8 Å². The van der Waals surface area contributed by atoms with Crippen LogP contribution >= 0.6 is 0 Å². The Kier molecular flexibility index (Phi) is 6.16. The Balaban J connectivity index is 1.45. The molecule has 2 aromatic rings. The topological polar surface area (TPSA) is 86.2 Å². The lowest BCUT2D eigenvalue weighted by Gasteiger charge is -2.28. The molecule has 144 valence electrons. The van der Waals surface area contributed by atoms with Crippen LogP contribution in [-0.4, -0.2) is 39.1 Å². The summed E-state index contributed by atoms with van der Waals surface area (Å²) >= 11 is 0. The zero-order chi connectivity index (χ0) is 19.2. The molecule has 1 aliphatic rings. The van der Waals surface area contributed by atoms with E-state index < -0.39 is 5.82 Å². The van der Waals surface area contributed by atoms with E-state index in [4.69, 9.17) is 9.47 Å². The molecule has 0 saturated heterocycles. The minimum Gasteiger partial charge on any atom is -0.475 e. The highest BCUT2D eigenvalue weighted by atomic mass is 19.1. The molecule has 0 bridgehead atoms. The standard InChI is InChI=1S/C19H23FN4O3/c1-12(2)26-17-8-3-13(9-21-17)18(25)24-15-4-6-16(7-5-15)27-19-22-10-14(20)11-23-19/h3,8-12,15-16H,4-7H2,1-2H3,(H,24,25). The average molecular weight is 374 g/mol. The molecule has 0 radical (unpaired) electrons. The summed E-state index contributed by atoms with van der Waals surface area (Å²) in [6, 6.07) is 3.67. The third-order valence-corrected chi connectivity index (χ3v) is 4.23. The van der Waals surface area contributed by atoms with Crippen LogP contribution in [0.1, 0.15) is 49.9 Å². The van der Waals surface area contributed by atoms with Crippen molar-refractivity contribution in [3.63, 3.8) is 0 Å². The Morgan fingerprint density at radius 1 is 1.11 bits per heavy atom. The van der Waals surface area contributed by atoms with Gasteiger partial charge in [0.15, 0.2) is 5.82 Å². The number of aromatic nitrogens is 3. The average Bonchev–Trinajstić information content (AvgIpc) is 2.65. The SMILES string of the molecule is CC(C)Oc1ccc(C(=O)NC2CCC(Oc3ncc(F)cn3)CC2)cn1. The zero-order valence-electron chi connectivity index (χ0n) is 15.4. The highest BCUT2D eigenvalue weighted by Gasteiger charge is 2.24. The second-order valence-electron chi connectivity index (χ2n) is 6.80. The van der Waals surface area contributed by atoms with E-state index >= 15 is 0 Å². The van der Waals surface area contributed by atoms with Gasteiger partial charge in [-0.2, -0.15) is 0 Å². The fourth-order valence-electron chi connectivity index (χ4n) is 2.93. The van der Waals surface area contributed by atoms with Gasteiger partial charge in [-0.1, -0.05) is 0 Å². The maximum Gasteiger partial charge on any atom is 0.316 e. The van der Waals surface area contributed by atoms with Gasteiger partial charge in [0.05, 0.1) is 24.1 Å². The normalized spacial score (nSPS) is 19.6. The lowest BCUT2D eigenvalue weighted by molar-refractivity contribution is 0.0884. The van der Waals surface area contributed by atoms with Gasteiger partial charge in [0.25, 0.3) is 5.91 Å². The second kappa shape index (κ2) is 8.75. The number of halogens is 1. The van der Waals surface area contributed by atoms with Crippen LogP contribution < -0.4 is 14.8 Å². The molecule has 1 saturated carbocycles. The largest absolute Gasteiger partial charge is 0.475 e. The molecular formula is C19H23FN4O3. The van der Waals surface area contributed by atoms with Crippen molar-refractivity contribution < 1.29 is 18.7 Å². The Bertz CT molecular complexity index is 745. The van der Waals surface area contributed by atoms with Gasteiger partial charge in [0.1, 0.15) is 6.10 Å². The van der Waals surface area contributed by atoms with Gasteiger partial charge in [-0.3, -0.25) is 4.79 Å². The number of pyridine rings is 1. The number of hydrogen-bond acceptors (Lipinski definition) is 6. The van der Waals surface area contributed by atoms with E-state index in [0.29, 0.717) is 11.4 Å². The number of hydrogen-bond donors (Lipinski definition) is 1. The number of rotatable bonds is 6. The van der Waals surface area contributed by atoms with Crippen LogP contribution in [0.5, 0.6) is 11.9 Å². The first-order valence-corrected chi connectivity index (χ1v) is 9.07. The third-order valence-electron chi connectivity index (χ3n) is 4.23. The maximum atomic E-state index is 12.8. The van der Waals surface area contributed by atoms with Crippen molar-refractivity contribution >= 4 is 5.91 Å². The number of carbonyl (C=O) groups is 1. The van der Waals surface area contributed by atoms with E-state index in [9.17, 15) is 9.18 Å². The summed E-state index contributed by atoms with van der Waals surface area (Å²) in [5.41, 5.74) is 0.504. The van der Waals surface area contributed by atoms with Crippen molar-refractivity contribution in [1.82, 2.24) is 20.3 Å². The number of nitrogens with one attached hydrogen (secondary N) is 1. The van der Waals surface area contributed by atoms with Gasteiger partial charge in [-0.05, 0) is 45.6 Å². The van der Waals surface area contributed by atoms with Crippen LogP contribution in [0.3, 0.4) is 0 Å². The predicted octanol–water partition coefficient (Wildman–Crippen LogP) is 2.92. The number of amides is 1. The molecular weight excluding hydrogens is 351 g/mol.